The minimum absolute atomic E-state index is 0.0739. The van der Waals surface area contributed by atoms with Gasteiger partial charge in [-0.3, -0.25) is 4.98 Å². The highest BCUT2D eigenvalue weighted by atomic mass is 32.3. The number of ether oxygens (including phenoxy) is 1. The lowest BCUT2D eigenvalue weighted by atomic mass is 9.94. The average Bonchev–Trinajstić information content (AvgIpc) is 2.65. The van der Waals surface area contributed by atoms with Crippen molar-refractivity contribution in [2.24, 2.45) is 0 Å². The minimum Gasteiger partial charge on any atom is -0.462 e. The molecule has 3 rings (SSSR count). The van der Waals surface area contributed by atoms with Crippen LogP contribution in [0.2, 0.25) is 0 Å². The monoisotopic (exact) mass is 462 g/mol. The van der Waals surface area contributed by atoms with E-state index in [1.807, 2.05) is 6.07 Å². The fraction of sp³-hybridized carbons (Fsp3) is 0.238. The third-order valence-electron chi connectivity index (χ3n) is 4.50. The number of hydrogen-bond donors (Lipinski definition) is 0. The summed E-state index contributed by atoms with van der Waals surface area (Å²) in [5.41, 5.74) is 2.27. The first-order valence-electron chi connectivity index (χ1n) is 9.32. The fourth-order valence-electron chi connectivity index (χ4n) is 3.47. The first-order chi connectivity index (χ1) is 14.4. The fourth-order valence-corrected chi connectivity index (χ4v) is 6.43. The van der Waals surface area contributed by atoms with Gasteiger partial charge in [-0.15, -0.1) is 0 Å². The number of aryl methyl sites for hydroxylation is 1. The molecule has 8 nitrogen and oxygen atoms in total. The Morgan fingerprint density at radius 3 is 2.16 bits per heavy atom. The van der Waals surface area contributed by atoms with Crippen molar-refractivity contribution in [2.75, 3.05) is 22.8 Å². The van der Waals surface area contributed by atoms with Crippen molar-refractivity contribution in [3.8, 4) is 11.1 Å². The lowest BCUT2D eigenvalue weighted by molar-refractivity contribution is 0.0526. The number of aromatic nitrogens is 1. The Morgan fingerprint density at radius 2 is 1.61 bits per heavy atom. The molecule has 2 aromatic carbocycles. The molecule has 0 saturated carbocycles. The maximum atomic E-state index is 12.8. The zero-order valence-electron chi connectivity index (χ0n) is 17.5. The van der Waals surface area contributed by atoms with Gasteiger partial charge in [0.1, 0.15) is 0 Å². The molecule has 31 heavy (non-hydrogen) atoms. The molecule has 1 aromatic heterocycles. The number of hydrogen-bond acceptors (Lipinski definition) is 7. The van der Waals surface area contributed by atoms with E-state index in [0.29, 0.717) is 31.4 Å². The zero-order chi connectivity index (χ0) is 23.0. The molecule has 0 unspecified atom stereocenters. The maximum Gasteiger partial charge on any atom is 0.340 e. The Hall–Kier alpha value is -2.98. The van der Waals surface area contributed by atoms with Gasteiger partial charge in [0, 0.05) is 10.9 Å². The molecule has 3 aromatic rings. The van der Waals surface area contributed by atoms with Crippen LogP contribution in [0.25, 0.3) is 22.0 Å². The van der Waals surface area contributed by atoms with Crippen LogP contribution in [0.4, 0.5) is 5.69 Å². The number of esters is 1. The van der Waals surface area contributed by atoms with Crippen LogP contribution in [-0.4, -0.2) is 46.9 Å². The smallest absolute Gasteiger partial charge is 0.340 e. The molecule has 0 bridgehead atoms. The highest BCUT2D eigenvalue weighted by Gasteiger charge is 2.29. The molecule has 10 heteroatoms. The molecular formula is C21H22N2O6S2. The van der Waals surface area contributed by atoms with E-state index in [1.165, 1.54) is 18.2 Å². The molecule has 0 N–H and O–H groups in total. The Balaban J connectivity index is 2.45. The van der Waals surface area contributed by atoms with E-state index in [1.54, 1.807) is 38.1 Å². The highest BCUT2D eigenvalue weighted by Crippen LogP contribution is 2.36. The van der Waals surface area contributed by atoms with Gasteiger partial charge in [0.25, 0.3) is 0 Å². The summed E-state index contributed by atoms with van der Waals surface area (Å²) in [6.07, 6.45) is 1.63. The molecule has 0 atom stereocenters. The zero-order valence-corrected chi connectivity index (χ0v) is 19.1. The van der Waals surface area contributed by atoms with Gasteiger partial charge >= 0.3 is 5.97 Å². The van der Waals surface area contributed by atoms with Gasteiger partial charge in [0.15, 0.2) is 0 Å². The molecule has 0 amide bonds. The third kappa shape index (κ3) is 4.54. The van der Waals surface area contributed by atoms with E-state index in [-0.39, 0.29) is 17.9 Å². The number of sulfonamides is 2. The molecule has 164 valence electrons. The van der Waals surface area contributed by atoms with E-state index in [4.69, 9.17) is 4.74 Å². The van der Waals surface area contributed by atoms with Crippen molar-refractivity contribution in [2.45, 2.75) is 13.8 Å². The molecule has 0 spiro atoms. The van der Waals surface area contributed by atoms with Gasteiger partial charge in [-0.25, -0.2) is 21.6 Å². The number of nitrogens with zero attached hydrogens (tertiary/aromatic N) is 2. The molecule has 0 aliphatic rings. The molecular weight excluding hydrogens is 440 g/mol. The van der Waals surface area contributed by atoms with Crippen molar-refractivity contribution < 1.29 is 26.4 Å². The van der Waals surface area contributed by atoms with Crippen molar-refractivity contribution in [1.29, 1.82) is 0 Å². The van der Waals surface area contributed by atoms with Gasteiger partial charge < -0.3 is 4.74 Å². The second kappa shape index (κ2) is 8.27. The summed E-state index contributed by atoms with van der Waals surface area (Å²) in [5, 5.41) is 0.426. The average molecular weight is 463 g/mol. The topological polar surface area (TPSA) is 111 Å². The standard InChI is InChI=1S/C21H22N2O6S2/c1-5-29-21(24)19-14(2)22-18-12-11-16(23(30(3,25)26)31(4,27)28)13-17(18)20(19)15-9-7-6-8-10-15/h6-13H,5H2,1-4H3. The van der Waals surface area contributed by atoms with Crippen LogP contribution in [0.15, 0.2) is 48.5 Å². The van der Waals surface area contributed by atoms with Crippen molar-refractivity contribution in [1.82, 2.24) is 4.98 Å². The minimum atomic E-state index is -4.13. The molecule has 0 fully saturated rings. The second-order valence-electron chi connectivity index (χ2n) is 6.96. The van der Waals surface area contributed by atoms with E-state index in [9.17, 15) is 21.6 Å². The summed E-state index contributed by atoms with van der Waals surface area (Å²) in [6, 6.07) is 13.3. The summed E-state index contributed by atoms with van der Waals surface area (Å²) in [6.45, 7) is 3.55. The van der Waals surface area contributed by atoms with E-state index >= 15 is 0 Å². The Bertz CT molecular complexity index is 1340. The van der Waals surface area contributed by atoms with Crippen LogP contribution in [0.5, 0.6) is 0 Å². The summed E-state index contributed by atoms with van der Waals surface area (Å²) in [4.78, 5) is 17.2. The van der Waals surface area contributed by atoms with Gasteiger partial charge in [0.05, 0.1) is 41.6 Å². The lowest BCUT2D eigenvalue weighted by Gasteiger charge is -2.21. The summed E-state index contributed by atoms with van der Waals surface area (Å²) < 4.78 is 54.5. The highest BCUT2D eigenvalue weighted by molar-refractivity contribution is 8.09. The van der Waals surface area contributed by atoms with Crippen molar-refractivity contribution in [3.05, 3.63) is 59.8 Å². The van der Waals surface area contributed by atoms with Gasteiger partial charge in [-0.05, 0) is 37.6 Å². The number of benzene rings is 2. The Labute approximate surface area is 181 Å². The maximum absolute atomic E-state index is 12.8. The first-order valence-corrected chi connectivity index (χ1v) is 13.0. The largest absolute Gasteiger partial charge is 0.462 e. The van der Waals surface area contributed by atoms with Crippen molar-refractivity contribution in [3.63, 3.8) is 0 Å². The lowest BCUT2D eigenvalue weighted by Crippen LogP contribution is -2.35. The predicted molar refractivity (Wildman–Crippen MR) is 120 cm³/mol. The molecule has 0 aliphatic carbocycles. The van der Waals surface area contributed by atoms with Gasteiger partial charge in [-0.1, -0.05) is 30.3 Å². The third-order valence-corrected chi connectivity index (χ3v) is 7.76. The molecule has 1 heterocycles. The predicted octanol–water partition coefficient (Wildman–Crippen LogP) is 3.11. The second-order valence-corrected chi connectivity index (χ2v) is 10.9. The summed E-state index contributed by atoms with van der Waals surface area (Å²) in [5.74, 6) is -0.568. The van der Waals surface area contributed by atoms with E-state index in [0.717, 1.165) is 12.5 Å². The van der Waals surface area contributed by atoms with E-state index < -0.39 is 26.0 Å². The van der Waals surface area contributed by atoms with Crippen molar-refractivity contribution >= 4 is 42.6 Å². The Kier molecular flexibility index (Phi) is 6.06. The molecule has 0 aliphatic heterocycles. The molecule has 0 saturated heterocycles. The number of carbonyl (C=O) groups excluding carboxylic acids is 1. The van der Waals surface area contributed by atoms with Crippen LogP contribution in [0, 0.1) is 6.92 Å². The summed E-state index contributed by atoms with van der Waals surface area (Å²) in [7, 11) is -8.26. The van der Waals surface area contributed by atoms with Crippen LogP contribution < -0.4 is 3.71 Å². The number of anilines is 1. The van der Waals surface area contributed by atoms with Crippen LogP contribution >= 0.6 is 0 Å². The Morgan fingerprint density at radius 1 is 1.00 bits per heavy atom. The normalized spacial score (nSPS) is 12.0. The van der Waals surface area contributed by atoms with Crippen LogP contribution in [-0.2, 0) is 24.8 Å². The molecule has 0 radical (unpaired) electrons. The van der Waals surface area contributed by atoms with Gasteiger partial charge in [0.2, 0.25) is 20.0 Å². The number of fused-ring (bicyclic) bond motifs is 1. The number of pyridine rings is 1. The van der Waals surface area contributed by atoms with Gasteiger partial charge in [-0.2, -0.15) is 3.71 Å². The SMILES string of the molecule is CCOC(=O)c1c(C)nc2ccc(N(S(C)(=O)=O)S(C)(=O)=O)cc2c1-c1ccccc1. The van der Waals surface area contributed by atoms with Crippen LogP contribution in [0.1, 0.15) is 23.0 Å². The quantitative estimate of drug-likeness (QED) is 0.518. The van der Waals surface area contributed by atoms with E-state index in [2.05, 4.69) is 4.98 Å². The summed E-state index contributed by atoms with van der Waals surface area (Å²) >= 11 is 0. The number of rotatable bonds is 6. The number of carbonyl (C=O) groups is 1. The first kappa shape index (κ1) is 22.7. The van der Waals surface area contributed by atoms with Crippen LogP contribution in [0.3, 0.4) is 0 Å².